The first-order valence-corrected chi connectivity index (χ1v) is 14.1. The standard InChI is InChI=1S/C23H29N3O5S2/c1-18(27)26-16-6-7-19-17-22(12-13-23(19)26)32(28,29)24-20-8-10-21(11-9-20)33(30,31)25-14-4-2-3-5-15-25/h8-13,17,24H,2-7,14-16H2,1H3. The first kappa shape index (κ1) is 23.7. The lowest BCUT2D eigenvalue weighted by Gasteiger charge is -2.28. The molecule has 10 heteroatoms. The molecule has 1 fully saturated rings. The second kappa shape index (κ2) is 9.44. The molecule has 0 unspecified atom stereocenters. The van der Waals surface area contributed by atoms with E-state index in [0.29, 0.717) is 26.1 Å². The van der Waals surface area contributed by atoms with Crippen molar-refractivity contribution in [3.63, 3.8) is 0 Å². The highest BCUT2D eigenvalue weighted by Crippen LogP contribution is 2.30. The van der Waals surface area contributed by atoms with Gasteiger partial charge < -0.3 is 4.90 Å². The van der Waals surface area contributed by atoms with E-state index in [2.05, 4.69) is 4.72 Å². The number of nitrogens with one attached hydrogen (secondary N) is 1. The quantitative estimate of drug-likeness (QED) is 0.691. The summed E-state index contributed by atoms with van der Waals surface area (Å²) in [6.07, 6.45) is 5.23. The number of carbonyl (C=O) groups excluding carboxylic acids is 1. The van der Waals surface area contributed by atoms with Crippen LogP contribution in [0.25, 0.3) is 0 Å². The molecular weight excluding hydrogens is 462 g/mol. The van der Waals surface area contributed by atoms with Crippen LogP contribution in [0.3, 0.4) is 0 Å². The van der Waals surface area contributed by atoms with Gasteiger partial charge in [0.25, 0.3) is 10.0 Å². The number of anilines is 2. The Morgan fingerprint density at radius 1 is 0.818 bits per heavy atom. The van der Waals surface area contributed by atoms with Crippen LogP contribution in [0.5, 0.6) is 0 Å². The molecule has 1 saturated heterocycles. The summed E-state index contributed by atoms with van der Waals surface area (Å²) < 4.78 is 55.8. The van der Waals surface area contributed by atoms with Crippen LogP contribution in [0.15, 0.2) is 52.3 Å². The number of sulfonamides is 2. The molecule has 0 spiro atoms. The van der Waals surface area contributed by atoms with Gasteiger partial charge in [0, 0.05) is 37.9 Å². The summed E-state index contributed by atoms with van der Waals surface area (Å²) in [6, 6.07) is 10.6. The molecule has 8 nitrogen and oxygen atoms in total. The Hall–Kier alpha value is -2.43. The zero-order chi connectivity index (χ0) is 23.6. The maximum absolute atomic E-state index is 13.0. The number of carbonyl (C=O) groups is 1. The van der Waals surface area contributed by atoms with E-state index in [4.69, 9.17) is 0 Å². The first-order valence-electron chi connectivity index (χ1n) is 11.2. The van der Waals surface area contributed by atoms with E-state index in [9.17, 15) is 21.6 Å². The van der Waals surface area contributed by atoms with Gasteiger partial charge in [0.15, 0.2) is 0 Å². The maximum Gasteiger partial charge on any atom is 0.261 e. The van der Waals surface area contributed by atoms with E-state index in [-0.39, 0.29) is 21.4 Å². The number of aryl methyl sites for hydroxylation is 1. The predicted molar refractivity (Wildman–Crippen MR) is 127 cm³/mol. The zero-order valence-electron chi connectivity index (χ0n) is 18.7. The van der Waals surface area contributed by atoms with Crippen molar-refractivity contribution in [2.75, 3.05) is 29.3 Å². The lowest BCUT2D eigenvalue weighted by molar-refractivity contribution is -0.116. The number of hydrogen-bond acceptors (Lipinski definition) is 5. The highest BCUT2D eigenvalue weighted by molar-refractivity contribution is 7.92. The Bertz CT molecular complexity index is 1230. The van der Waals surface area contributed by atoms with Crippen molar-refractivity contribution < 1.29 is 21.6 Å². The lowest BCUT2D eigenvalue weighted by Crippen LogP contribution is -2.33. The second-order valence-corrected chi connectivity index (χ2v) is 12.1. The summed E-state index contributed by atoms with van der Waals surface area (Å²) in [5.74, 6) is -0.0695. The van der Waals surface area contributed by atoms with Gasteiger partial charge in [-0.3, -0.25) is 9.52 Å². The molecule has 2 aromatic carbocycles. The molecule has 0 saturated carbocycles. The number of benzene rings is 2. The van der Waals surface area contributed by atoms with Gasteiger partial charge in [-0.2, -0.15) is 4.31 Å². The molecule has 1 amide bonds. The van der Waals surface area contributed by atoms with Crippen molar-refractivity contribution in [1.29, 1.82) is 0 Å². The highest BCUT2D eigenvalue weighted by atomic mass is 32.2. The van der Waals surface area contributed by atoms with Crippen LogP contribution >= 0.6 is 0 Å². The molecule has 0 bridgehead atoms. The largest absolute Gasteiger partial charge is 0.312 e. The van der Waals surface area contributed by atoms with E-state index in [1.807, 2.05) is 0 Å². The molecule has 2 aliphatic rings. The Morgan fingerprint density at radius 2 is 1.45 bits per heavy atom. The number of hydrogen-bond donors (Lipinski definition) is 1. The van der Waals surface area contributed by atoms with Crippen molar-refractivity contribution in [2.45, 2.75) is 55.2 Å². The van der Waals surface area contributed by atoms with Gasteiger partial charge in [-0.25, -0.2) is 16.8 Å². The Kier molecular flexibility index (Phi) is 6.78. The molecule has 2 aromatic rings. The molecule has 4 rings (SSSR count). The van der Waals surface area contributed by atoms with Crippen LogP contribution in [0, 0.1) is 0 Å². The molecule has 2 aliphatic heterocycles. The van der Waals surface area contributed by atoms with Gasteiger partial charge in [-0.15, -0.1) is 0 Å². The van der Waals surface area contributed by atoms with Crippen LogP contribution in [-0.4, -0.2) is 46.7 Å². The first-order chi connectivity index (χ1) is 15.7. The van der Waals surface area contributed by atoms with Gasteiger partial charge >= 0.3 is 0 Å². The third kappa shape index (κ3) is 5.07. The third-order valence-corrected chi connectivity index (χ3v) is 9.46. The Balaban J connectivity index is 1.52. The average molecular weight is 492 g/mol. The minimum Gasteiger partial charge on any atom is -0.312 e. The molecule has 0 atom stereocenters. The molecular formula is C23H29N3O5S2. The fraction of sp³-hybridized carbons (Fsp3) is 0.435. The maximum atomic E-state index is 13.0. The zero-order valence-corrected chi connectivity index (χ0v) is 20.3. The van der Waals surface area contributed by atoms with Crippen LogP contribution < -0.4 is 9.62 Å². The summed E-state index contributed by atoms with van der Waals surface area (Å²) in [7, 11) is -7.47. The average Bonchev–Trinajstić information content (AvgIpc) is 3.08. The summed E-state index contributed by atoms with van der Waals surface area (Å²) in [5, 5.41) is 0. The molecule has 33 heavy (non-hydrogen) atoms. The summed E-state index contributed by atoms with van der Waals surface area (Å²) in [4.78, 5) is 13.8. The van der Waals surface area contributed by atoms with E-state index >= 15 is 0 Å². The van der Waals surface area contributed by atoms with Gasteiger partial charge in [0.1, 0.15) is 0 Å². The fourth-order valence-electron chi connectivity index (χ4n) is 4.41. The number of rotatable bonds is 5. The van der Waals surface area contributed by atoms with Crippen LogP contribution in [0.1, 0.15) is 44.6 Å². The molecule has 2 heterocycles. The van der Waals surface area contributed by atoms with Crippen LogP contribution in [-0.2, 0) is 31.3 Å². The smallest absolute Gasteiger partial charge is 0.261 e. The number of amides is 1. The van der Waals surface area contributed by atoms with Crippen molar-refractivity contribution in [2.24, 2.45) is 0 Å². The number of nitrogens with zero attached hydrogens (tertiary/aromatic N) is 2. The minimum absolute atomic E-state index is 0.0695. The second-order valence-electron chi connectivity index (χ2n) is 8.51. The third-order valence-electron chi connectivity index (χ3n) is 6.17. The molecule has 0 aliphatic carbocycles. The van der Waals surface area contributed by atoms with E-state index in [1.165, 1.54) is 41.6 Å². The van der Waals surface area contributed by atoms with Gasteiger partial charge in [-0.05, 0) is 73.7 Å². The predicted octanol–water partition coefficient (Wildman–Crippen LogP) is 3.35. The van der Waals surface area contributed by atoms with Crippen LogP contribution in [0.2, 0.25) is 0 Å². The summed E-state index contributed by atoms with van der Waals surface area (Å²) in [6.45, 7) is 3.14. The van der Waals surface area contributed by atoms with Crippen molar-refractivity contribution in [1.82, 2.24) is 4.31 Å². The molecule has 0 aromatic heterocycles. The molecule has 178 valence electrons. The van der Waals surface area contributed by atoms with Crippen LogP contribution in [0.4, 0.5) is 11.4 Å². The lowest BCUT2D eigenvalue weighted by atomic mass is 10.0. The Labute approximate surface area is 195 Å². The van der Waals surface area contributed by atoms with Crippen molar-refractivity contribution in [3.8, 4) is 0 Å². The summed E-state index contributed by atoms with van der Waals surface area (Å²) in [5.41, 5.74) is 1.85. The monoisotopic (exact) mass is 491 g/mol. The van der Waals surface area contributed by atoms with Crippen molar-refractivity contribution >= 4 is 37.3 Å². The topological polar surface area (TPSA) is 104 Å². The fourth-order valence-corrected chi connectivity index (χ4v) is 7.03. The number of fused-ring (bicyclic) bond motifs is 1. The van der Waals surface area contributed by atoms with Gasteiger partial charge in [0.2, 0.25) is 15.9 Å². The highest BCUT2D eigenvalue weighted by Gasteiger charge is 2.26. The molecule has 0 radical (unpaired) electrons. The van der Waals surface area contributed by atoms with E-state index in [1.54, 1.807) is 17.0 Å². The van der Waals surface area contributed by atoms with E-state index < -0.39 is 20.0 Å². The Morgan fingerprint density at radius 3 is 2.09 bits per heavy atom. The normalized spacial score (nSPS) is 17.8. The van der Waals surface area contributed by atoms with Gasteiger partial charge in [0.05, 0.1) is 9.79 Å². The van der Waals surface area contributed by atoms with E-state index in [0.717, 1.165) is 43.4 Å². The van der Waals surface area contributed by atoms with Crippen molar-refractivity contribution in [3.05, 3.63) is 48.0 Å². The molecule has 1 N–H and O–H groups in total. The minimum atomic E-state index is -3.87. The SMILES string of the molecule is CC(=O)N1CCCc2cc(S(=O)(=O)Nc3ccc(S(=O)(=O)N4CCCCCC4)cc3)ccc21. The van der Waals surface area contributed by atoms with Gasteiger partial charge in [-0.1, -0.05) is 12.8 Å². The summed E-state index contributed by atoms with van der Waals surface area (Å²) >= 11 is 0.